The van der Waals surface area contributed by atoms with Crippen LogP contribution in [0.15, 0.2) is 17.5 Å². The number of urea groups is 1. The molecule has 3 heterocycles. The first-order chi connectivity index (χ1) is 9.34. The molecule has 2 amide bonds. The quantitative estimate of drug-likeness (QED) is 0.924. The van der Waals surface area contributed by atoms with Crippen LogP contribution >= 0.6 is 11.3 Å². The van der Waals surface area contributed by atoms with Gasteiger partial charge < -0.3 is 15.0 Å². The number of hydrogen-bond donors (Lipinski definition) is 1. The molecule has 5 heteroatoms. The summed E-state index contributed by atoms with van der Waals surface area (Å²) in [5.41, 5.74) is 0. The van der Waals surface area contributed by atoms with Crippen molar-refractivity contribution in [1.82, 2.24) is 10.2 Å². The van der Waals surface area contributed by atoms with Gasteiger partial charge in [-0.05, 0) is 30.7 Å². The molecule has 3 rings (SSSR count). The second kappa shape index (κ2) is 5.92. The fourth-order valence-corrected chi connectivity index (χ4v) is 3.74. The van der Waals surface area contributed by atoms with E-state index in [-0.39, 0.29) is 12.1 Å². The summed E-state index contributed by atoms with van der Waals surface area (Å²) in [6.45, 7) is 3.23. The number of ether oxygens (including phenoxy) is 1. The number of carbonyl (C=O) groups excluding carboxylic acids is 1. The molecule has 2 aliphatic heterocycles. The molecular weight excluding hydrogens is 260 g/mol. The summed E-state index contributed by atoms with van der Waals surface area (Å²) in [6, 6.07) is 4.55. The van der Waals surface area contributed by atoms with E-state index >= 15 is 0 Å². The first-order valence-corrected chi connectivity index (χ1v) is 7.88. The molecule has 2 aliphatic rings. The van der Waals surface area contributed by atoms with Gasteiger partial charge in [-0.25, -0.2) is 4.79 Å². The largest absolute Gasteiger partial charge is 0.381 e. The molecule has 1 aromatic heterocycles. The van der Waals surface area contributed by atoms with E-state index < -0.39 is 0 Å². The summed E-state index contributed by atoms with van der Waals surface area (Å²) < 4.78 is 5.33. The molecule has 104 valence electrons. The number of nitrogens with zero attached hydrogens (tertiary/aromatic N) is 1. The van der Waals surface area contributed by atoms with Crippen molar-refractivity contribution in [2.75, 3.05) is 26.3 Å². The van der Waals surface area contributed by atoms with Crippen LogP contribution in [-0.4, -0.2) is 37.2 Å². The summed E-state index contributed by atoms with van der Waals surface area (Å²) in [4.78, 5) is 15.6. The van der Waals surface area contributed by atoms with Crippen molar-refractivity contribution < 1.29 is 9.53 Å². The van der Waals surface area contributed by atoms with Crippen LogP contribution in [0.3, 0.4) is 0 Å². The molecule has 2 atom stereocenters. The minimum atomic E-state index is 0.0859. The molecule has 1 aromatic rings. The molecule has 2 saturated heterocycles. The molecule has 4 nitrogen and oxygen atoms in total. The highest BCUT2D eigenvalue weighted by atomic mass is 32.1. The van der Waals surface area contributed by atoms with Crippen LogP contribution in [0.25, 0.3) is 0 Å². The predicted molar refractivity (Wildman–Crippen MR) is 75.3 cm³/mol. The molecule has 0 bridgehead atoms. The minimum Gasteiger partial charge on any atom is -0.381 e. The molecular formula is C14H20N2O2S. The molecule has 0 aromatic carbocycles. The lowest BCUT2D eigenvalue weighted by Gasteiger charge is -2.24. The standard InChI is InChI=1S/C14H20N2O2S/c17-14(15-9-11-5-7-18-10-11)16-6-1-3-12(16)13-4-2-8-19-13/h2,4,8,11-12H,1,3,5-7,9-10H2,(H,15,17). The first kappa shape index (κ1) is 12.9. The number of rotatable bonds is 3. The Hall–Kier alpha value is -1.07. The number of thiophene rings is 1. The van der Waals surface area contributed by atoms with Crippen molar-refractivity contribution in [3.8, 4) is 0 Å². The van der Waals surface area contributed by atoms with Crippen LogP contribution < -0.4 is 5.32 Å². The van der Waals surface area contributed by atoms with E-state index in [1.165, 1.54) is 4.88 Å². The smallest absolute Gasteiger partial charge is 0.317 e. The normalized spacial score (nSPS) is 26.8. The van der Waals surface area contributed by atoms with Crippen LogP contribution in [-0.2, 0) is 4.74 Å². The van der Waals surface area contributed by atoms with Gasteiger partial charge >= 0.3 is 6.03 Å². The van der Waals surface area contributed by atoms with Gasteiger partial charge in [-0.1, -0.05) is 6.07 Å². The molecule has 0 radical (unpaired) electrons. The Morgan fingerprint density at radius 1 is 1.53 bits per heavy atom. The number of carbonyl (C=O) groups is 1. The molecule has 0 spiro atoms. The van der Waals surface area contributed by atoms with Gasteiger partial charge in [-0.2, -0.15) is 0 Å². The summed E-state index contributed by atoms with van der Waals surface area (Å²) in [5, 5.41) is 5.15. The second-order valence-electron chi connectivity index (χ2n) is 5.28. The molecule has 19 heavy (non-hydrogen) atoms. The molecule has 0 aliphatic carbocycles. The number of amides is 2. The third-order valence-corrected chi connectivity index (χ3v) is 4.92. The van der Waals surface area contributed by atoms with E-state index in [1.807, 2.05) is 4.90 Å². The van der Waals surface area contributed by atoms with Gasteiger partial charge in [-0.15, -0.1) is 11.3 Å². The Kier molecular flexibility index (Phi) is 4.03. The van der Waals surface area contributed by atoms with Gasteiger partial charge in [0.2, 0.25) is 0 Å². The van der Waals surface area contributed by atoms with E-state index in [9.17, 15) is 4.79 Å². The van der Waals surface area contributed by atoms with Crippen LogP contribution in [0.4, 0.5) is 4.79 Å². The summed E-state index contributed by atoms with van der Waals surface area (Å²) in [6.07, 6.45) is 3.25. The van der Waals surface area contributed by atoms with E-state index in [1.54, 1.807) is 11.3 Å². The molecule has 0 saturated carbocycles. The predicted octanol–water partition coefficient (Wildman–Crippen LogP) is 2.63. The zero-order valence-electron chi connectivity index (χ0n) is 11.0. The monoisotopic (exact) mass is 280 g/mol. The topological polar surface area (TPSA) is 41.6 Å². The molecule has 2 fully saturated rings. The van der Waals surface area contributed by atoms with Crippen molar-refractivity contribution in [3.05, 3.63) is 22.4 Å². The highest BCUT2D eigenvalue weighted by Crippen LogP contribution is 2.34. The van der Waals surface area contributed by atoms with Crippen molar-refractivity contribution in [1.29, 1.82) is 0 Å². The van der Waals surface area contributed by atoms with E-state index in [0.717, 1.165) is 45.6 Å². The Morgan fingerprint density at radius 3 is 3.21 bits per heavy atom. The molecule has 1 N–H and O–H groups in total. The maximum atomic E-state index is 12.3. The van der Waals surface area contributed by atoms with Crippen molar-refractivity contribution in [2.24, 2.45) is 5.92 Å². The lowest BCUT2D eigenvalue weighted by Crippen LogP contribution is -2.41. The second-order valence-corrected chi connectivity index (χ2v) is 6.26. The number of likely N-dealkylation sites (tertiary alicyclic amines) is 1. The van der Waals surface area contributed by atoms with Gasteiger partial charge in [0, 0.05) is 30.5 Å². The summed E-state index contributed by atoms with van der Waals surface area (Å²) >= 11 is 1.74. The van der Waals surface area contributed by atoms with Crippen molar-refractivity contribution >= 4 is 17.4 Å². The number of hydrogen-bond acceptors (Lipinski definition) is 3. The summed E-state index contributed by atoms with van der Waals surface area (Å²) in [5.74, 6) is 0.492. The van der Waals surface area contributed by atoms with Crippen LogP contribution in [0.2, 0.25) is 0 Å². The van der Waals surface area contributed by atoms with Crippen molar-refractivity contribution in [2.45, 2.75) is 25.3 Å². The first-order valence-electron chi connectivity index (χ1n) is 7.00. The Bertz CT molecular complexity index is 415. The fraction of sp³-hybridized carbons (Fsp3) is 0.643. The Morgan fingerprint density at radius 2 is 2.47 bits per heavy atom. The Balaban J connectivity index is 1.56. The van der Waals surface area contributed by atoms with Crippen LogP contribution in [0, 0.1) is 5.92 Å². The van der Waals surface area contributed by atoms with Gasteiger partial charge in [0.15, 0.2) is 0 Å². The highest BCUT2D eigenvalue weighted by Gasteiger charge is 2.30. The van der Waals surface area contributed by atoms with E-state index in [0.29, 0.717) is 5.92 Å². The van der Waals surface area contributed by atoms with Gasteiger partial charge in [0.05, 0.1) is 12.6 Å². The van der Waals surface area contributed by atoms with Crippen molar-refractivity contribution in [3.63, 3.8) is 0 Å². The Labute approximate surface area is 117 Å². The zero-order valence-corrected chi connectivity index (χ0v) is 11.8. The number of nitrogens with one attached hydrogen (secondary N) is 1. The third-order valence-electron chi connectivity index (χ3n) is 3.95. The third kappa shape index (κ3) is 2.92. The van der Waals surface area contributed by atoms with Gasteiger partial charge in [0.25, 0.3) is 0 Å². The average Bonchev–Trinajstić information content (AvgIpc) is 3.14. The minimum absolute atomic E-state index is 0.0859. The van der Waals surface area contributed by atoms with Gasteiger partial charge in [-0.3, -0.25) is 0 Å². The van der Waals surface area contributed by atoms with E-state index in [2.05, 4.69) is 22.8 Å². The maximum Gasteiger partial charge on any atom is 0.317 e. The van der Waals surface area contributed by atoms with Crippen LogP contribution in [0.5, 0.6) is 0 Å². The van der Waals surface area contributed by atoms with Crippen LogP contribution in [0.1, 0.15) is 30.2 Å². The average molecular weight is 280 g/mol. The lowest BCUT2D eigenvalue weighted by atomic mass is 10.1. The lowest BCUT2D eigenvalue weighted by molar-refractivity contribution is 0.179. The zero-order chi connectivity index (χ0) is 13.1. The SMILES string of the molecule is O=C(NCC1CCOC1)N1CCCC1c1cccs1. The highest BCUT2D eigenvalue weighted by molar-refractivity contribution is 7.10. The maximum absolute atomic E-state index is 12.3. The summed E-state index contributed by atoms with van der Waals surface area (Å²) in [7, 11) is 0. The van der Waals surface area contributed by atoms with E-state index in [4.69, 9.17) is 4.74 Å². The van der Waals surface area contributed by atoms with Gasteiger partial charge in [0.1, 0.15) is 0 Å². The fourth-order valence-electron chi connectivity index (χ4n) is 2.86. The molecule has 2 unspecified atom stereocenters.